The summed E-state index contributed by atoms with van der Waals surface area (Å²) in [5, 5.41) is 0. The Morgan fingerprint density at radius 3 is 2.48 bits per heavy atom. The molecule has 1 atom stereocenters. The van der Waals surface area contributed by atoms with Crippen molar-refractivity contribution in [3.05, 3.63) is 29.3 Å². The summed E-state index contributed by atoms with van der Waals surface area (Å²) in [5.41, 5.74) is -1.23. The van der Waals surface area contributed by atoms with Crippen LogP contribution in [0.2, 0.25) is 0 Å². The number of alkyl halides is 4. The van der Waals surface area contributed by atoms with Gasteiger partial charge in [-0.1, -0.05) is 35.3 Å². The van der Waals surface area contributed by atoms with E-state index in [4.69, 9.17) is 0 Å². The van der Waals surface area contributed by atoms with E-state index in [-0.39, 0.29) is 21.8 Å². The third-order valence-corrected chi connectivity index (χ3v) is 5.33. The summed E-state index contributed by atoms with van der Waals surface area (Å²) in [6.45, 7) is 3.25. The van der Waals surface area contributed by atoms with Gasteiger partial charge in [0.1, 0.15) is 0 Å². The molecule has 1 rings (SSSR count). The molecule has 8 heteroatoms. The predicted molar refractivity (Wildman–Crippen MR) is 79.0 cm³/mol. The second kappa shape index (κ2) is 7.11. The molecule has 0 radical (unpaired) electrons. The SMILES string of the molecule is CCCC(Br)CNS(=O)(=O)c1cccc(C(F)(F)F)c1C. The molecule has 0 aliphatic rings. The number of hydrogen-bond acceptors (Lipinski definition) is 2. The first-order valence-corrected chi connectivity index (χ1v) is 8.80. The zero-order valence-corrected chi connectivity index (χ0v) is 14.1. The molecule has 0 heterocycles. The molecule has 0 aliphatic carbocycles. The smallest absolute Gasteiger partial charge is 0.210 e. The van der Waals surface area contributed by atoms with Crippen LogP contribution in [-0.2, 0) is 16.2 Å². The lowest BCUT2D eigenvalue weighted by Gasteiger charge is -2.15. The van der Waals surface area contributed by atoms with E-state index in [1.165, 1.54) is 6.07 Å². The Morgan fingerprint density at radius 2 is 1.95 bits per heavy atom. The third-order valence-electron chi connectivity index (χ3n) is 2.98. The van der Waals surface area contributed by atoms with Crippen molar-refractivity contribution in [3.63, 3.8) is 0 Å². The van der Waals surface area contributed by atoms with Gasteiger partial charge >= 0.3 is 6.18 Å². The highest BCUT2D eigenvalue weighted by Gasteiger charge is 2.34. The summed E-state index contributed by atoms with van der Waals surface area (Å²) in [5.74, 6) is 0. The Bertz CT molecular complexity index is 588. The molecule has 0 aromatic heterocycles. The average Bonchev–Trinajstić information content (AvgIpc) is 2.35. The fourth-order valence-corrected chi connectivity index (χ4v) is 4.09. The number of nitrogens with one attached hydrogen (secondary N) is 1. The van der Waals surface area contributed by atoms with Crippen LogP contribution in [0, 0.1) is 6.92 Å². The number of sulfonamides is 1. The van der Waals surface area contributed by atoms with Crippen molar-refractivity contribution < 1.29 is 21.6 Å². The van der Waals surface area contributed by atoms with Gasteiger partial charge < -0.3 is 0 Å². The highest BCUT2D eigenvalue weighted by atomic mass is 79.9. The van der Waals surface area contributed by atoms with Gasteiger partial charge in [0.25, 0.3) is 0 Å². The van der Waals surface area contributed by atoms with Crippen molar-refractivity contribution >= 4 is 26.0 Å². The Morgan fingerprint density at radius 1 is 1.33 bits per heavy atom. The summed E-state index contributed by atoms with van der Waals surface area (Å²) in [7, 11) is -3.97. The van der Waals surface area contributed by atoms with E-state index in [0.717, 1.165) is 31.9 Å². The summed E-state index contributed by atoms with van der Waals surface area (Å²) in [6.07, 6.45) is -2.93. The fraction of sp³-hybridized carbons (Fsp3) is 0.538. The van der Waals surface area contributed by atoms with Gasteiger partial charge in [0, 0.05) is 11.4 Å². The normalized spacial score (nSPS) is 14.2. The first-order chi connectivity index (χ1) is 9.59. The minimum Gasteiger partial charge on any atom is -0.210 e. The number of halogens is 4. The van der Waals surface area contributed by atoms with Crippen molar-refractivity contribution in [1.29, 1.82) is 0 Å². The van der Waals surface area contributed by atoms with E-state index in [0.29, 0.717) is 0 Å². The molecule has 1 N–H and O–H groups in total. The Hall–Kier alpha value is -0.600. The van der Waals surface area contributed by atoms with Crippen LogP contribution in [0.5, 0.6) is 0 Å². The van der Waals surface area contributed by atoms with E-state index >= 15 is 0 Å². The third kappa shape index (κ3) is 4.96. The van der Waals surface area contributed by atoms with Gasteiger partial charge in [-0.3, -0.25) is 0 Å². The summed E-state index contributed by atoms with van der Waals surface area (Å²) >= 11 is 3.32. The molecule has 0 spiro atoms. The average molecular weight is 388 g/mol. The molecule has 0 fully saturated rings. The molecule has 3 nitrogen and oxygen atoms in total. The first kappa shape index (κ1) is 18.4. The number of hydrogen-bond donors (Lipinski definition) is 1. The van der Waals surface area contributed by atoms with Gasteiger partial charge in [-0.25, -0.2) is 13.1 Å². The van der Waals surface area contributed by atoms with Gasteiger partial charge in [-0.2, -0.15) is 13.2 Å². The van der Waals surface area contributed by atoms with Crippen LogP contribution in [0.3, 0.4) is 0 Å². The molecule has 1 aromatic carbocycles. The molecular formula is C13H17BrF3NO2S. The molecule has 0 amide bonds. The molecule has 0 saturated carbocycles. The van der Waals surface area contributed by atoms with Crippen molar-refractivity contribution in [1.82, 2.24) is 4.72 Å². The van der Waals surface area contributed by atoms with Crippen molar-refractivity contribution in [2.45, 2.75) is 42.6 Å². The Labute approximate surface area is 131 Å². The van der Waals surface area contributed by atoms with Crippen LogP contribution >= 0.6 is 15.9 Å². The van der Waals surface area contributed by atoms with E-state index < -0.39 is 21.8 Å². The molecule has 0 bridgehead atoms. The molecule has 0 aliphatic heterocycles. The van der Waals surface area contributed by atoms with Crippen molar-refractivity contribution in [2.75, 3.05) is 6.54 Å². The van der Waals surface area contributed by atoms with Crippen LogP contribution in [0.25, 0.3) is 0 Å². The monoisotopic (exact) mass is 387 g/mol. The minimum absolute atomic E-state index is 0.0524. The largest absolute Gasteiger partial charge is 0.416 e. The van der Waals surface area contributed by atoms with E-state index in [9.17, 15) is 21.6 Å². The van der Waals surface area contributed by atoms with Crippen LogP contribution in [0.1, 0.15) is 30.9 Å². The summed E-state index contributed by atoms with van der Waals surface area (Å²) in [6, 6.07) is 3.15. The zero-order valence-electron chi connectivity index (χ0n) is 11.7. The molecule has 21 heavy (non-hydrogen) atoms. The van der Waals surface area contributed by atoms with Gasteiger partial charge in [0.05, 0.1) is 10.5 Å². The van der Waals surface area contributed by atoms with E-state index in [1.807, 2.05) is 6.92 Å². The molecule has 1 unspecified atom stereocenters. The Kier molecular flexibility index (Phi) is 6.24. The van der Waals surface area contributed by atoms with E-state index in [2.05, 4.69) is 20.7 Å². The lowest BCUT2D eigenvalue weighted by Crippen LogP contribution is -2.30. The Balaban J connectivity index is 3.05. The van der Waals surface area contributed by atoms with Gasteiger partial charge in [-0.15, -0.1) is 0 Å². The molecular weight excluding hydrogens is 371 g/mol. The highest BCUT2D eigenvalue weighted by molar-refractivity contribution is 9.09. The fourth-order valence-electron chi connectivity index (χ4n) is 1.91. The maximum absolute atomic E-state index is 12.8. The zero-order chi connectivity index (χ0) is 16.3. The maximum Gasteiger partial charge on any atom is 0.416 e. The summed E-state index contributed by atoms with van der Waals surface area (Å²) in [4.78, 5) is -0.392. The lowest BCUT2D eigenvalue weighted by atomic mass is 10.1. The van der Waals surface area contributed by atoms with Crippen LogP contribution in [0.15, 0.2) is 23.1 Å². The van der Waals surface area contributed by atoms with Crippen molar-refractivity contribution in [2.24, 2.45) is 0 Å². The number of rotatable bonds is 6. The van der Waals surface area contributed by atoms with Gasteiger partial charge in [0.15, 0.2) is 0 Å². The highest BCUT2D eigenvalue weighted by Crippen LogP contribution is 2.34. The minimum atomic E-state index is -4.57. The maximum atomic E-state index is 12.8. The standard InChI is InChI=1S/C13H17BrF3NO2S/c1-3-5-10(14)8-18-21(19,20)12-7-4-6-11(9(12)2)13(15,16)17/h4,6-7,10,18H,3,5,8H2,1-2H3. The van der Waals surface area contributed by atoms with Gasteiger partial charge in [0.2, 0.25) is 10.0 Å². The summed E-state index contributed by atoms with van der Waals surface area (Å²) < 4.78 is 65.0. The second-order valence-corrected chi connectivity index (χ2v) is 7.69. The quantitative estimate of drug-likeness (QED) is 0.753. The number of benzene rings is 1. The lowest BCUT2D eigenvalue weighted by molar-refractivity contribution is -0.138. The molecule has 1 aromatic rings. The molecule has 120 valence electrons. The second-order valence-electron chi connectivity index (χ2n) is 4.66. The van der Waals surface area contributed by atoms with E-state index in [1.54, 1.807) is 0 Å². The van der Waals surface area contributed by atoms with Crippen LogP contribution in [-0.4, -0.2) is 19.8 Å². The van der Waals surface area contributed by atoms with Crippen molar-refractivity contribution in [3.8, 4) is 0 Å². The predicted octanol–water partition coefficient (Wildman–Crippen LogP) is 3.86. The van der Waals surface area contributed by atoms with Gasteiger partial charge in [-0.05, 0) is 31.0 Å². The molecule has 0 saturated heterocycles. The van der Waals surface area contributed by atoms with Crippen LogP contribution < -0.4 is 4.72 Å². The topological polar surface area (TPSA) is 46.2 Å². The van der Waals surface area contributed by atoms with Crippen LogP contribution in [0.4, 0.5) is 13.2 Å². The first-order valence-electron chi connectivity index (χ1n) is 6.40.